The van der Waals surface area contributed by atoms with Gasteiger partial charge in [-0.3, -0.25) is 4.79 Å². The SMILES string of the molecule is NC(=O)C=CC(=O)OC1(Cc2ccccc2)CCC1. The van der Waals surface area contributed by atoms with Crippen molar-refractivity contribution in [3.63, 3.8) is 0 Å². The van der Waals surface area contributed by atoms with Crippen LogP contribution in [0.15, 0.2) is 42.5 Å². The van der Waals surface area contributed by atoms with Crippen molar-refractivity contribution in [2.45, 2.75) is 31.3 Å². The number of rotatable bonds is 5. The highest BCUT2D eigenvalue weighted by molar-refractivity contribution is 5.93. The molecule has 1 saturated carbocycles. The summed E-state index contributed by atoms with van der Waals surface area (Å²) in [6.45, 7) is 0. The summed E-state index contributed by atoms with van der Waals surface area (Å²) >= 11 is 0. The predicted molar refractivity (Wildman–Crippen MR) is 71.2 cm³/mol. The fourth-order valence-electron chi connectivity index (χ4n) is 2.25. The van der Waals surface area contributed by atoms with Crippen molar-refractivity contribution >= 4 is 11.9 Å². The normalized spacial score (nSPS) is 16.8. The van der Waals surface area contributed by atoms with Crippen LogP contribution in [0.3, 0.4) is 0 Å². The van der Waals surface area contributed by atoms with Gasteiger partial charge in [-0.25, -0.2) is 4.79 Å². The third-order valence-electron chi connectivity index (χ3n) is 3.33. The molecule has 1 aliphatic carbocycles. The number of hydrogen-bond acceptors (Lipinski definition) is 3. The number of primary amides is 1. The molecule has 1 fully saturated rings. The van der Waals surface area contributed by atoms with Crippen LogP contribution >= 0.6 is 0 Å². The lowest BCUT2D eigenvalue weighted by atomic mass is 9.75. The summed E-state index contributed by atoms with van der Waals surface area (Å²) < 4.78 is 5.49. The van der Waals surface area contributed by atoms with Crippen molar-refractivity contribution in [3.8, 4) is 0 Å². The second kappa shape index (κ2) is 5.69. The quantitative estimate of drug-likeness (QED) is 0.646. The van der Waals surface area contributed by atoms with Crippen LogP contribution in [-0.4, -0.2) is 17.5 Å². The lowest BCUT2D eigenvalue weighted by molar-refractivity contribution is -0.163. The molecule has 1 aliphatic rings. The Morgan fingerprint density at radius 3 is 2.42 bits per heavy atom. The van der Waals surface area contributed by atoms with Crippen LogP contribution in [0.25, 0.3) is 0 Å². The van der Waals surface area contributed by atoms with E-state index in [1.807, 2.05) is 30.3 Å². The standard InChI is InChI=1S/C15H17NO3/c16-13(17)7-8-14(18)19-15(9-4-10-15)11-12-5-2-1-3-6-12/h1-3,5-8H,4,9-11H2,(H2,16,17). The van der Waals surface area contributed by atoms with Gasteiger partial charge in [0.25, 0.3) is 0 Å². The summed E-state index contributed by atoms with van der Waals surface area (Å²) in [7, 11) is 0. The summed E-state index contributed by atoms with van der Waals surface area (Å²) in [5, 5.41) is 0. The van der Waals surface area contributed by atoms with E-state index >= 15 is 0 Å². The second-order valence-electron chi connectivity index (χ2n) is 4.86. The number of esters is 1. The number of carbonyl (C=O) groups excluding carboxylic acids is 2. The largest absolute Gasteiger partial charge is 0.456 e. The molecule has 4 nitrogen and oxygen atoms in total. The van der Waals surface area contributed by atoms with Crippen LogP contribution < -0.4 is 5.73 Å². The molecule has 2 rings (SSSR count). The molecule has 1 amide bonds. The second-order valence-corrected chi connectivity index (χ2v) is 4.86. The Hall–Kier alpha value is -2.10. The molecule has 0 bridgehead atoms. The van der Waals surface area contributed by atoms with Gasteiger partial charge < -0.3 is 10.5 Å². The summed E-state index contributed by atoms with van der Waals surface area (Å²) in [5.74, 6) is -1.16. The third kappa shape index (κ3) is 3.68. The van der Waals surface area contributed by atoms with E-state index in [1.54, 1.807) is 0 Å². The summed E-state index contributed by atoms with van der Waals surface area (Å²) in [4.78, 5) is 22.2. The molecule has 100 valence electrons. The van der Waals surface area contributed by atoms with Gasteiger partial charge in [0.2, 0.25) is 5.91 Å². The maximum atomic E-state index is 11.6. The molecule has 0 spiro atoms. The minimum absolute atomic E-state index is 0.416. The molecule has 4 heteroatoms. The van der Waals surface area contributed by atoms with Crippen molar-refractivity contribution in [2.24, 2.45) is 5.73 Å². The van der Waals surface area contributed by atoms with E-state index in [2.05, 4.69) is 0 Å². The number of amides is 1. The third-order valence-corrected chi connectivity index (χ3v) is 3.33. The topological polar surface area (TPSA) is 69.4 Å². The zero-order valence-corrected chi connectivity index (χ0v) is 10.7. The molecule has 0 aromatic heterocycles. The fourth-order valence-corrected chi connectivity index (χ4v) is 2.25. The molecule has 0 atom stereocenters. The molecular formula is C15H17NO3. The molecule has 2 N–H and O–H groups in total. The molecular weight excluding hydrogens is 242 g/mol. The average molecular weight is 259 g/mol. The van der Waals surface area contributed by atoms with E-state index in [0.717, 1.165) is 37.0 Å². The maximum absolute atomic E-state index is 11.6. The Morgan fingerprint density at radius 1 is 1.21 bits per heavy atom. The van der Waals surface area contributed by atoms with Crippen LogP contribution in [0, 0.1) is 0 Å². The fraction of sp³-hybridized carbons (Fsp3) is 0.333. The van der Waals surface area contributed by atoms with Crippen molar-refractivity contribution < 1.29 is 14.3 Å². The van der Waals surface area contributed by atoms with E-state index in [9.17, 15) is 9.59 Å². The number of hydrogen-bond donors (Lipinski definition) is 1. The first-order valence-electron chi connectivity index (χ1n) is 6.34. The monoisotopic (exact) mass is 259 g/mol. The van der Waals surface area contributed by atoms with Crippen LogP contribution in [0.2, 0.25) is 0 Å². The Balaban J connectivity index is 1.99. The molecule has 1 aromatic carbocycles. The Labute approximate surface area is 112 Å². The van der Waals surface area contributed by atoms with Gasteiger partial charge in [0, 0.05) is 18.6 Å². The number of carbonyl (C=O) groups is 2. The predicted octanol–water partition coefficient (Wildman–Crippen LogP) is 1.74. The van der Waals surface area contributed by atoms with Crippen molar-refractivity contribution in [1.82, 2.24) is 0 Å². The molecule has 19 heavy (non-hydrogen) atoms. The zero-order valence-electron chi connectivity index (χ0n) is 10.7. The van der Waals surface area contributed by atoms with Gasteiger partial charge in [-0.05, 0) is 24.8 Å². The summed E-state index contributed by atoms with van der Waals surface area (Å²) in [6, 6.07) is 9.94. The highest BCUT2D eigenvalue weighted by Gasteiger charge is 2.40. The zero-order chi connectivity index (χ0) is 13.7. The van der Waals surface area contributed by atoms with E-state index < -0.39 is 17.5 Å². The molecule has 0 radical (unpaired) electrons. The van der Waals surface area contributed by atoms with Gasteiger partial charge in [-0.2, -0.15) is 0 Å². The minimum Gasteiger partial charge on any atom is -0.456 e. The molecule has 0 saturated heterocycles. The van der Waals surface area contributed by atoms with Crippen molar-refractivity contribution in [3.05, 3.63) is 48.0 Å². The number of nitrogens with two attached hydrogens (primary N) is 1. The Morgan fingerprint density at radius 2 is 1.89 bits per heavy atom. The maximum Gasteiger partial charge on any atom is 0.331 e. The van der Waals surface area contributed by atoms with E-state index in [4.69, 9.17) is 10.5 Å². The van der Waals surface area contributed by atoms with Gasteiger partial charge in [0.05, 0.1) is 0 Å². The first-order valence-corrected chi connectivity index (χ1v) is 6.34. The minimum atomic E-state index is -0.650. The highest BCUT2D eigenvalue weighted by atomic mass is 16.6. The molecule has 1 aromatic rings. The lowest BCUT2D eigenvalue weighted by Gasteiger charge is -2.41. The van der Waals surface area contributed by atoms with Crippen LogP contribution in [0.5, 0.6) is 0 Å². The van der Waals surface area contributed by atoms with Crippen LogP contribution in [0.1, 0.15) is 24.8 Å². The average Bonchev–Trinajstić information content (AvgIpc) is 2.35. The van der Waals surface area contributed by atoms with Gasteiger partial charge in [0.1, 0.15) is 5.60 Å². The van der Waals surface area contributed by atoms with Gasteiger partial charge >= 0.3 is 5.97 Å². The van der Waals surface area contributed by atoms with Crippen molar-refractivity contribution in [2.75, 3.05) is 0 Å². The van der Waals surface area contributed by atoms with Crippen LogP contribution in [0.4, 0.5) is 0 Å². The summed E-state index contributed by atoms with van der Waals surface area (Å²) in [5.41, 5.74) is 5.67. The smallest absolute Gasteiger partial charge is 0.331 e. The highest BCUT2D eigenvalue weighted by Crippen LogP contribution is 2.38. The number of benzene rings is 1. The first kappa shape index (κ1) is 13.3. The number of ether oxygens (including phenoxy) is 1. The van der Waals surface area contributed by atoms with E-state index in [0.29, 0.717) is 6.42 Å². The summed E-state index contributed by atoms with van der Waals surface area (Å²) in [6.07, 6.45) is 5.60. The van der Waals surface area contributed by atoms with Gasteiger partial charge in [-0.15, -0.1) is 0 Å². The van der Waals surface area contributed by atoms with Gasteiger partial charge in [0.15, 0.2) is 0 Å². The molecule has 0 heterocycles. The molecule has 0 aliphatic heterocycles. The van der Waals surface area contributed by atoms with E-state index in [1.165, 1.54) is 0 Å². The molecule has 0 unspecified atom stereocenters. The Bertz CT molecular complexity index is 489. The van der Waals surface area contributed by atoms with Crippen LogP contribution in [-0.2, 0) is 20.7 Å². The lowest BCUT2D eigenvalue weighted by Crippen LogP contribution is -2.43. The van der Waals surface area contributed by atoms with Crippen molar-refractivity contribution in [1.29, 1.82) is 0 Å². The first-order chi connectivity index (χ1) is 9.10. The van der Waals surface area contributed by atoms with Gasteiger partial charge in [-0.1, -0.05) is 30.3 Å². The Kier molecular flexibility index (Phi) is 4.00. The van der Waals surface area contributed by atoms with E-state index in [-0.39, 0.29) is 0 Å².